The molecular formula is C11H20O3. The van der Waals surface area contributed by atoms with Crippen LogP contribution in [-0.2, 0) is 9.53 Å². The number of hydrogen-bond acceptors (Lipinski definition) is 2. The zero-order valence-electron chi connectivity index (χ0n) is 9.03. The monoisotopic (exact) mass is 200 g/mol. The van der Waals surface area contributed by atoms with Crippen molar-refractivity contribution in [2.75, 3.05) is 0 Å². The predicted octanol–water partition coefficient (Wildman–Crippen LogP) is 2.44. The highest BCUT2D eigenvalue weighted by Crippen LogP contribution is 2.33. The Morgan fingerprint density at radius 3 is 2.64 bits per heavy atom. The zero-order chi connectivity index (χ0) is 10.6. The quantitative estimate of drug-likeness (QED) is 0.741. The van der Waals surface area contributed by atoms with Gasteiger partial charge in [0.25, 0.3) is 0 Å². The molecule has 0 aromatic rings. The van der Waals surface area contributed by atoms with Crippen LogP contribution < -0.4 is 0 Å². The molecule has 82 valence electrons. The van der Waals surface area contributed by atoms with E-state index in [1.54, 1.807) is 0 Å². The highest BCUT2D eigenvalue weighted by molar-refractivity contribution is 5.66. The molecule has 0 amide bonds. The first-order chi connectivity index (χ1) is 6.67. The molecule has 3 unspecified atom stereocenters. The fourth-order valence-electron chi connectivity index (χ4n) is 2.21. The summed E-state index contributed by atoms with van der Waals surface area (Å²) in [4.78, 5) is 10.5. The van der Waals surface area contributed by atoms with Gasteiger partial charge in [-0.3, -0.25) is 4.79 Å². The van der Waals surface area contributed by atoms with Crippen molar-refractivity contribution in [2.45, 2.75) is 58.2 Å². The average Bonchev–Trinajstić information content (AvgIpc) is 2.57. The van der Waals surface area contributed by atoms with E-state index in [2.05, 4.69) is 13.8 Å². The van der Waals surface area contributed by atoms with Crippen LogP contribution in [0.5, 0.6) is 0 Å². The maximum Gasteiger partial charge on any atom is 0.303 e. The molecule has 0 radical (unpaired) electrons. The molecule has 1 aliphatic rings. The highest BCUT2D eigenvalue weighted by Gasteiger charge is 2.32. The van der Waals surface area contributed by atoms with Gasteiger partial charge < -0.3 is 9.84 Å². The lowest BCUT2D eigenvalue weighted by atomic mass is 9.92. The molecule has 1 aliphatic heterocycles. The number of aliphatic carboxylic acids is 1. The maximum atomic E-state index is 10.5. The molecule has 3 atom stereocenters. The first kappa shape index (κ1) is 11.5. The minimum absolute atomic E-state index is 0.279. The van der Waals surface area contributed by atoms with Crippen LogP contribution in [0.4, 0.5) is 0 Å². The summed E-state index contributed by atoms with van der Waals surface area (Å²) in [5.74, 6) is -0.235. The summed E-state index contributed by atoms with van der Waals surface area (Å²) in [5, 5.41) is 8.62. The van der Waals surface area contributed by atoms with Gasteiger partial charge in [-0.1, -0.05) is 13.8 Å². The van der Waals surface area contributed by atoms with Gasteiger partial charge in [0.1, 0.15) is 0 Å². The number of carboxylic acid groups (broad SMARTS) is 1. The Bertz CT molecular complexity index is 191. The van der Waals surface area contributed by atoms with Crippen LogP contribution in [0.15, 0.2) is 0 Å². The molecule has 0 aromatic heterocycles. The van der Waals surface area contributed by atoms with Crippen LogP contribution in [-0.4, -0.2) is 23.3 Å². The van der Waals surface area contributed by atoms with E-state index in [1.807, 2.05) is 0 Å². The van der Waals surface area contributed by atoms with Crippen molar-refractivity contribution in [3.8, 4) is 0 Å². The van der Waals surface area contributed by atoms with Crippen LogP contribution >= 0.6 is 0 Å². The van der Waals surface area contributed by atoms with Crippen LogP contribution in [0.3, 0.4) is 0 Å². The number of rotatable bonds is 5. The van der Waals surface area contributed by atoms with Crippen molar-refractivity contribution in [1.29, 1.82) is 0 Å². The maximum absolute atomic E-state index is 10.5. The van der Waals surface area contributed by atoms with Crippen LogP contribution in [0.2, 0.25) is 0 Å². The summed E-state index contributed by atoms with van der Waals surface area (Å²) in [6.07, 6.45) is 4.78. The van der Waals surface area contributed by atoms with Gasteiger partial charge in [0.2, 0.25) is 0 Å². The first-order valence-electron chi connectivity index (χ1n) is 5.54. The second-order valence-corrected chi connectivity index (χ2v) is 4.04. The Morgan fingerprint density at radius 2 is 2.14 bits per heavy atom. The van der Waals surface area contributed by atoms with Crippen LogP contribution in [0, 0.1) is 5.92 Å². The number of ether oxygens (including phenoxy) is 1. The second kappa shape index (κ2) is 5.35. The fourth-order valence-corrected chi connectivity index (χ4v) is 2.21. The van der Waals surface area contributed by atoms with Gasteiger partial charge in [-0.2, -0.15) is 0 Å². The van der Waals surface area contributed by atoms with E-state index < -0.39 is 5.97 Å². The molecule has 1 rings (SSSR count). The molecule has 0 aromatic carbocycles. The van der Waals surface area contributed by atoms with Crippen molar-refractivity contribution in [1.82, 2.24) is 0 Å². The van der Waals surface area contributed by atoms with Crippen LogP contribution in [0.1, 0.15) is 46.0 Å². The number of carboxylic acids is 1. The minimum Gasteiger partial charge on any atom is -0.481 e. The van der Waals surface area contributed by atoms with Crippen molar-refractivity contribution in [2.24, 2.45) is 5.92 Å². The molecule has 3 nitrogen and oxygen atoms in total. The van der Waals surface area contributed by atoms with E-state index in [0.29, 0.717) is 18.1 Å². The predicted molar refractivity (Wildman–Crippen MR) is 54.2 cm³/mol. The van der Waals surface area contributed by atoms with Crippen molar-refractivity contribution in [3.05, 3.63) is 0 Å². The molecule has 0 saturated carbocycles. The molecule has 0 spiro atoms. The highest BCUT2D eigenvalue weighted by atomic mass is 16.5. The molecule has 14 heavy (non-hydrogen) atoms. The lowest BCUT2D eigenvalue weighted by molar-refractivity contribution is -0.137. The Labute approximate surface area is 85.5 Å². The topological polar surface area (TPSA) is 46.5 Å². The second-order valence-electron chi connectivity index (χ2n) is 4.04. The summed E-state index contributed by atoms with van der Waals surface area (Å²) in [6, 6.07) is 0. The SMILES string of the molecule is CCC1CC(CCC(=O)O)C(CC)O1. The molecule has 3 heteroatoms. The number of hydrogen-bond donors (Lipinski definition) is 1. The normalized spacial score (nSPS) is 32.0. The molecule has 0 bridgehead atoms. The van der Waals surface area contributed by atoms with Crippen molar-refractivity contribution in [3.63, 3.8) is 0 Å². The van der Waals surface area contributed by atoms with Gasteiger partial charge in [0.15, 0.2) is 0 Å². The van der Waals surface area contributed by atoms with Crippen molar-refractivity contribution < 1.29 is 14.6 Å². The molecule has 0 aliphatic carbocycles. The third kappa shape index (κ3) is 2.98. The van der Waals surface area contributed by atoms with Crippen LogP contribution in [0.25, 0.3) is 0 Å². The van der Waals surface area contributed by atoms with E-state index in [4.69, 9.17) is 9.84 Å². The Kier molecular flexibility index (Phi) is 4.39. The Hall–Kier alpha value is -0.570. The fraction of sp³-hybridized carbons (Fsp3) is 0.909. The van der Waals surface area contributed by atoms with E-state index in [1.165, 1.54) is 0 Å². The average molecular weight is 200 g/mol. The van der Waals surface area contributed by atoms with Gasteiger partial charge in [-0.25, -0.2) is 0 Å². The molecular weight excluding hydrogens is 180 g/mol. The summed E-state index contributed by atoms with van der Waals surface area (Å²) in [5.41, 5.74) is 0. The van der Waals surface area contributed by atoms with E-state index in [0.717, 1.165) is 25.7 Å². The van der Waals surface area contributed by atoms with E-state index in [-0.39, 0.29) is 6.42 Å². The van der Waals surface area contributed by atoms with Gasteiger partial charge in [0, 0.05) is 6.42 Å². The van der Waals surface area contributed by atoms with Gasteiger partial charge >= 0.3 is 5.97 Å². The lowest BCUT2D eigenvalue weighted by Crippen LogP contribution is -2.16. The van der Waals surface area contributed by atoms with Gasteiger partial charge in [0.05, 0.1) is 12.2 Å². The minimum atomic E-state index is -0.695. The first-order valence-corrected chi connectivity index (χ1v) is 5.54. The molecule has 1 N–H and O–H groups in total. The standard InChI is InChI=1S/C11H20O3/c1-3-9-7-8(5-6-11(12)13)10(4-2)14-9/h8-10H,3-7H2,1-2H3,(H,12,13). The molecule has 1 heterocycles. The Morgan fingerprint density at radius 1 is 1.43 bits per heavy atom. The van der Waals surface area contributed by atoms with E-state index >= 15 is 0 Å². The van der Waals surface area contributed by atoms with E-state index in [9.17, 15) is 4.79 Å². The Balaban J connectivity index is 2.38. The zero-order valence-corrected chi connectivity index (χ0v) is 9.03. The largest absolute Gasteiger partial charge is 0.481 e. The van der Waals surface area contributed by atoms with Gasteiger partial charge in [-0.05, 0) is 31.6 Å². The van der Waals surface area contributed by atoms with Gasteiger partial charge in [-0.15, -0.1) is 0 Å². The number of carbonyl (C=O) groups is 1. The molecule has 1 saturated heterocycles. The summed E-state index contributed by atoms with van der Waals surface area (Å²) in [7, 11) is 0. The van der Waals surface area contributed by atoms with Crippen molar-refractivity contribution >= 4 is 5.97 Å². The molecule has 1 fully saturated rings. The lowest BCUT2D eigenvalue weighted by Gasteiger charge is -2.15. The third-order valence-electron chi connectivity index (χ3n) is 3.05. The summed E-state index contributed by atoms with van der Waals surface area (Å²) >= 11 is 0. The summed E-state index contributed by atoms with van der Waals surface area (Å²) < 4.78 is 5.81. The third-order valence-corrected chi connectivity index (χ3v) is 3.05. The summed E-state index contributed by atoms with van der Waals surface area (Å²) in [6.45, 7) is 4.23. The smallest absolute Gasteiger partial charge is 0.303 e.